The van der Waals surface area contributed by atoms with Crippen molar-refractivity contribution >= 4 is 11.9 Å². The van der Waals surface area contributed by atoms with E-state index in [1.54, 1.807) is 27.7 Å². The SMILES string of the molecule is CC(C)(CC(=O)O)CC(C)(C)C(=O)O. The van der Waals surface area contributed by atoms with E-state index in [0.717, 1.165) is 0 Å². The minimum absolute atomic E-state index is 0.0102. The molecule has 0 unspecified atom stereocenters. The van der Waals surface area contributed by atoms with Crippen molar-refractivity contribution in [2.75, 3.05) is 0 Å². The summed E-state index contributed by atoms with van der Waals surface area (Å²) in [6.07, 6.45) is 0.339. The van der Waals surface area contributed by atoms with Gasteiger partial charge in [0.05, 0.1) is 11.8 Å². The first-order valence-electron chi connectivity index (χ1n) is 4.52. The molecule has 0 saturated heterocycles. The van der Waals surface area contributed by atoms with Gasteiger partial charge in [-0.05, 0) is 25.7 Å². The summed E-state index contributed by atoms with van der Waals surface area (Å²) in [6, 6.07) is 0. The zero-order valence-electron chi connectivity index (χ0n) is 9.13. The monoisotopic (exact) mass is 202 g/mol. The van der Waals surface area contributed by atoms with Crippen LogP contribution in [0.3, 0.4) is 0 Å². The van der Waals surface area contributed by atoms with Crippen LogP contribution in [0.2, 0.25) is 0 Å². The maximum atomic E-state index is 10.8. The second-order valence-electron chi connectivity index (χ2n) is 5.10. The van der Waals surface area contributed by atoms with Crippen LogP contribution < -0.4 is 0 Å². The van der Waals surface area contributed by atoms with E-state index in [4.69, 9.17) is 10.2 Å². The summed E-state index contributed by atoms with van der Waals surface area (Å²) in [7, 11) is 0. The Morgan fingerprint density at radius 3 is 1.79 bits per heavy atom. The van der Waals surface area contributed by atoms with Gasteiger partial charge >= 0.3 is 11.9 Å². The molecule has 0 aliphatic heterocycles. The summed E-state index contributed by atoms with van der Waals surface area (Å²) in [5.41, 5.74) is -1.37. The van der Waals surface area contributed by atoms with Gasteiger partial charge in [-0.3, -0.25) is 9.59 Å². The van der Waals surface area contributed by atoms with Crippen LogP contribution in [0.25, 0.3) is 0 Å². The van der Waals surface area contributed by atoms with Gasteiger partial charge in [-0.25, -0.2) is 0 Å². The lowest BCUT2D eigenvalue weighted by atomic mass is 9.73. The van der Waals surface area contributed by atoms with Crippen molar-refractivity contribution in [1.82, 2.24) is 0 Å². The summed E-state index contributed by atoms with van der Waals surface area (Å²) in [4.78, 5) is 21.4. The fraction of sp³-hybridized carbons (Fsp3) is 0.800. The third-order valence-corrected chi connectivity index (χ3v) is 2.13. The first kappa shape index (κ1) is 12.9. The topological polar surface area (TPSA) is 74.6 Å². The van der Waals surface area contributed by atoms with Crippen LogP contribution in [0.1, 0.15) is 40.5 Å². The second kappa shape index (κ2) is 3.98. The van der Waals surface area contributed by atoms with Crippen LogP contribution >= 0.6 is 0 Å². The lowest BCUT2D eigenvalue weighted by molar-refractivity contribution is -0.150. The minimum Gasteiger partial charge on any atom is -0.481 e. The quantitative estimate of drug-likeness (QED) is 0.714. The van der Waals surface area contributed by atoms with Gasteiger partial charge in [0.1, 0.15) is 0 Å². The Balaban J connectivity index is 4.49. The number of carboxylic acids is 2. The summed E-state index contributed by atoms with van der Waals surface area (Å²) >= 11 is 0. The van der Waals surface area contributed by atoms with Crippen LogP contribution in [0.15, 0.2) is 0 Å². The molecule has 0 saturated carbocycles. The maximum Gasteiger partial charge on any atom is 0.309 e. The highest BCUT2D eigenvalue weighted by Crippen LogP contribution is 2.36. The molecule has 82 valence electrons. The lowest BCUT2D eigenvalue weighted by Gasteiger charge is -2.30. The van der Waals surface area contributed by atoms with Crippen LogP contribution in [0, 0.1) is 10.8 Å². The third-order valence-electron chi connectivity index (χ3n) is 2.13. The van der Waals surface area contributed by atoms with Crippen molar-refractivity contribution < 1.29 is 19.8 Å². The normalized spacial score (nSPS) is 12.6. The average Bonchev–Trinajstić information content (AvgIpc) is 1.79. The van der Waals surface area contributed by atoms with E-state index in [1.807, 2.05) is 0 Å². The molecule has 0 bridgehead atoms. The molecular weight excluding hydrogens is 184 g/mol. The predicted octanol–water partition coefficient (Wildman–Crippen LogP) is 1.99. The van der Waals surface area contributed by atoms with E-state index >= 15 is 0 Å². The summed E-state index contributed by atoms with van der Waals surface area (Å²) in [5.74, 6) is -1.79. The molecule has 0 aromatic rings. The van der Waals surface area contributed by atoms with E-state index < -0.39 is 22.8 Å². The Hall–Kier alpha value is -1.06. The molecule has 0 radical (unpaired) electrons. The fourth-order valence-electron chi connectivity index (χ4n) is 1.74. The third kappa shape index (κ3) is 4.25. The Morgan fingerprint density at radius 1 is 1.07 bits per heavy atom. The van der Waals surface area contributed by atoms with E-state index in [1.165, 1.54) is 0 Å². The molecule has 0 aliphatic carbocycles. The molecule has 0 fully saturated rings. The Kier molecular flexibility index (Phi) is 3.68. The summed E-state index contributed by atoms with van der Waals surface area (Å²) in [6.45, 7) is 6.76. The summed E-state index contributed by atoms with van der Waals surface area (Å²) < 4.78 is 0. The smallest absolute Gasteiger partial charge is 0.309 e. The van der Waals surface area contributed by atoms with Crippen molar-refractivity contribution in [3.05, 3.63) is 0 Å². The van der Waals surface area contributed by atoms with Crippen molar-refractivity contribution in [3.63, 3.8) is 0 Å². The number of aliphatic carboxylic acids is 2. The standard InChI is InChI=1S/C10H18O4/c1-9(2,5-7(11)12)6-10(3,4)8(13)14/h5-6H2,1-4H3,(H,11,12)(H,13,14). The fourth-order valence-corrected chi connectivity index (χ4v) is 1.74. The molecule has 14 heavy (non-hydrogen) atoms. The molecule has 0 amide bonds. The molecule has 0 atom stereocenters. The van der Waals surface area contributed by atoms with Gasteiger partial charge in [0.15, 0.2) is 0 Å². The number of carbonyl (C=O) groups is 2. The van der Waals surface area contributed by atoms with E-state index in [-0.39, 0.29) is 6.42 Å². The van der Waals surface area contributed by atoms with Crippen molar-refractivity contribution in [1.29, 1.82) is 0 Å². The van der Waals surface area contributed by atoms with Gasteiger partial charge < -0.3 is 10.2 Å². The van der Waals surface area contributed by atoms with Crippen LogP contribution in [0.5, 0.6) is 0 Å². The van der Waals surface area contributed by atoms with Gasteiger partial charge in [0.25, 0.3) is 0 Å². The maximum absolute atomic E-state index is 10.8. The molecule has 4 nitrogen and oxygen atoms in total. The van der Waals surface area contributed by atoms with Crippen molar-refractivity contribution in [2.45, 2.75) is 40.5 Å². The van der Waals surface area contributed by atoms with Crippen LogP contribution in [-0.4, -0.2) is 22.2 Å². The molecule has 4 heteroatoms. The molecule has 0 aromatic carbocycles. The Labute approximate surface area is 83.9 Å². The molecule has 0 aromatic heterocycles. The van der Waals surface area contributed by atoms with Crippen LogP contribution in [0.4, 0.5) is 0 Å². The lowest BCUT2D eigenvalue weighted by Crippen LogP contribution is -2.31. The molecule has 0 aliphatic rings. The minimum atomic E-state index is -0.893. The Bertz CT molecular complexity index is 241. The van der Waals surface area contributed by atoms with Crippen LogP contribution in [-0.2, 0) is 9.59 Å². The highest BCUT2D eigenvalue weighted by molar-refractivity contribution is 5.74. The zero-order valence-corrected chi connectivity index (χ0v) is 9.13. The highest BCUT2D eigenvalue weighted by Gasteiger charge is 2.35. The Morgan fingerprint density at radius 2 is 1.50 bits per heavy atom. The molecule has 2 N–H and O–H groups in total. The number of carboxylic acid groups (broad SMARTS) is 2. The van der Waals surface area contributed by atoms with Gasteiger partial charge in [0, 0.05) is 0 Å². The van der Waals surface area contributed by atoms with Gasteiger partial charge in [-0.15, -0.1) is 0 Å². The van der Waals surface area contributed by atoms with Gasteiger partial charge in [-0.1, -0.05) is 13.8 Å². The average molecular weight is 202 g/mol. The first-order valence-corrected chi connectivity index (χ1v) is 4.52. The number of hydrogen-bond donors (Lipinski definition) is 2. The predicted molar refractivity (Wildman–Crippen MR) is 52.1 cm³/mol. The number of hydrogen-bond acceptors (Lipinski definition) is 2. The summed E-state index contributed by atoms with van der Waals surface area (Å²) in [5, 5.41) is 17.5. The highest BCUT2D eigenvalue weighted by atomic mass is 16.4. The van der Waals surface area contributed by atoms with E-state index in [2.05, 4.69) is 0 Å². The first-order chi connectivity index (χ1) is 6.07. The van der Waals surface area contributed by atoms with E-state index in [9.17, 15) is 9.59 Å². The van der Waals surface area contributed by atoms with Gasteiger partial charge in [0.2, 0.25) is 0 Å². The van der Waals surface area contributed by atoms with Crippen molar-refractivity contribution in [3.8, 4) is 0 Å². The second-order valence-corrected chi connectivity index (χ2v) is 5.10. The van der Waals surface area contributed by atoms with Crippen molar-refractivity contribution in [2.24, 2.45) is 10.8 Å². The number of rotatable bonds is 5. The zero-order chi connectivity index (χ0) is 11.6. The molecule has 0 heterocycles. The van der Waals surface area contributed by atoms with E-state index in [0.29, 0.717) is 6.42 Å². The van der Waals surface area contributed by atoms with Gasteiger partial charge in [-0.2, -0.15) is 0 Å². The largest absolute Gasteiger partial charge is 0.481 e. The molecule has 0 spiro atoms. The molecular formula is C10H18O4. The molecule has 0 rings (SSSR count).